The molecule has 5 rings (SSSR count). The molecular formula is C26H28N4O2. The molecule has 3 aromatic rings. The molecule has 1 heterocycles. The standard InChI is InChI=1S/C26H28N4O2/c1-15-13-18-19(14-16(15)2)28-21-20(27-18)25(5)11-12-26(21,24(25,3)4)23(32)30-29-22(31)17-9-7-6-8-10-17/h6-10,13-14H,11-12H2,1-5H3,(H,29,31)(H,30,32). The van der Waals surface area contributed by atoms with Gasteiger partial charge in [0.2, 0.25) is 0 Å². The fourth-order valence-corrected chi connectivity index (χ4v) is 5.74. The van der Waals surface area contributed by atoms with Gasteiger partial charge in [0, 0.05) is 11.0 Å². The molecule has 2 N–H and O–H groups in total. The first-order valence-electron chi connectivity index (χ1n) is 11.1. The number of nitrogens with one attached hydrogen (secondary N) is 2. The van der Waals surface area contributed by atoms with Crippen molar-refractivity contribution in [1.29, 1.82) is 0 Å². The van der Waals surface area contributed by atoms with Crippen LogP contribution < -0.4 is 10.9 Å². The minimum absolute atomic E-state index is 0.230. The lowest BCUT2D eigenvalue weighted by Crippen LogP contribution is -2.55. The zero-order valence-corrected chi connectivity index (χ0v) is 19.2. The number of aryl methyl sites for hydroxylation is 2. The topological polar surface area (TPSA) is 84.0 Å². The third-order valence-corrected chi connectivity index (χ3v) is 8.37. The van der Waals surface area contributed by atoms with Gasteiger partial charge < -0.3 is 0 Å². The zero-order valence-electron chi connectivity index (χ0n) is 19.2. The third-order valence-electron chi connectivity index (χ3n) is 8.37. The Morgan fingerprint density at radius 2 is 1.44 bits per heavy atom. The summed E-state index contributed by atoms with van der Waals surface area (Å²) in [6.45, 7) is 10.6. The first-order chi connectivity index (χ1) is 15.1. The smallest absolute Gasteiger partial charge is 0.269 e. The maximum atomic E-state index is 13.7. The van der Waals surface area contributed by atoms with Crippen molar-refractivity contribution in [2.45, 2.75) is 58.3 Å². The van der Waals surface area contributed by atoms with Crippen LogP contribution >= 0.6 is 0 Å². The van der Waals surface area contributed by atoms with E-state index in [4.69, 9.17) is 9.97 Å². The molecule has 2 amide bonds. The van der Waals surface area contributed by atoms with E-state index < -0.39 is 10.8 Å². The van der Waals surface area contributed by atoms with Crippen LogP contribution in [0.2, 0.25) is 0 Å². The first kappa shape index (κ1) is 20.6. The quantitative estimate of drug-likeness (QED) is 0.604. The van der Waals surface area contributed by atoms with Gasteiger partial charge in [0.15, 0.2) is 0 Å². The van der Waals surface area contributed by atoms with Crippen molar-refractivity contribution in [3.8, 4) is 0 Å². The van der Waals surface area contributed by atoms with Gasteiger partial charge in [0.1, 0.15) is 5.41 Å². The zero-order chi connectivity index (χ0) is 22.9. The molecule has 0 aliphatic heterocycles. The van der Waals surface area contributed by atoms with Gasteiger partial charge in [0.05, 0.1) is 22.4 Å². The minimum Gasteiger partial charge on any atom is -0.272 e. The number of rotatable bonds is 2. The number of carbonyl (C=O) groups excluding carboxylic acids is 2. The number of fused-ring (bicyclic) bond motifs is 6. The van der Waals surface area contributed by atoms with Crippen LogP contribution in [0.4, 0.5) is 0 Å². The van der Waals surface area contributed by atoms with Gasteiger partial charge in [-0.05, 0) is 67.5 Å². The fraction of sp³-hybridized carbons (Fsp3) is 0.385. The maximum absolute atomic E-state index is 13.7. The van der Waals surface area contributed by atoms with Gasteiger partial charge in [-0.3, -0.25) is 20.4 Å². The Balaban J connectivity index is 1.57. The second-order valence-electron chi connectivity index (χ2n) is 9.98. The Morgan fingerprint density at radius 3 is 2.06 bits per heavy atom. The first-order valence-corrected chi connectivity index (χ1v) is 11.1. The summed E-state index contributed by atoms with van der Waals surface area (Å²) in [5.74, 6) is -0.574. The molecule has 2 atom stereocenters. The predicted molar refractivity (Wildman–Crippen MR) is 123 cm³/mol. The van der Waals surface area contributed by atoms with E-state index in [1.807, 2.05) is 12.1 Å². The average molecular weight is 429 g/mol. The molecular weight excluding hydrogens is 400 g/mol. The Kier molecular flexibility index (Phi) is 4.26. The van der Waals surface area contributed by atoms with Crippen molar-refractivity contribution in [2.24, 2.45) is 5.41 Å². The lowest BCUT2D eigenvalue weighted by Gasteiger charge is -2.39. The Labute approximate surface area is 187 Å². The number of aromatic nitrogens is 2. The molecule has 2 aliphatic rings. The summed E-state index contributed by atoms with van der Waals surface area (Å²) in [7, 11) is 0. The Hall–Kier alpha value is -3.28. The summed E-state index contributed by atoms with van der Waals surface area (Å²) < 4.78 is 0. The van der Waals surface area contributed by atoms with Gasteiger partial charge in [0.25, 0.3) is 11.8 Å². The molecule has 0 saturated heterocycles. The van der Waals surface area contributed by atoms with Crippen molar-refractivity contribution in [2.75, 3.05) is 0 Å². The highest BCUT2D eigenvalue weighted by atomic mass is 16.2. The lowest BCUT2D eigenvalue weighted by atomic mass is 9.63. The molecule has 6 heteroatoms. The van der Waals surface area contributed by atoms with Gasteiger partial charge in [-0.2, -0.15) is 0 Å². The molecule has 1 saturated carbocycles. The predicted octanol–water partition coefficient (Wildman–Crippen LogP) is 4.04. The molecule has 2 aromatic carbocycles. The van der Waals surface area contributed by atoms with Crippen LogP contribution in [-0.4, -0.2) is 21.8 Å². The molecule has 2 unspecified atom stereocenters. The Bertz CT molecular complexity index is 1280. The second kappa shape index (κ2) is 6.61. The van der Waals surface area contributed by atoms with Crippen LogP contribution in [0.15, 0.2) is 42.5 Å². The number of carbonyl (C=O) groups is 2. The number of hydrogen-bond donors (Lipinski definition) is 2. The van der Waals surface area contributed by atoms with Crippen molar-refractivity contribution >= 4 is 22.8 Å². The molecule has 0 spiro atoms. The highest BCUT2D eigenvalue weighted by Gasteiger charge is 2.73. The number of hydrazine groups is 1. The van der Waals surface area contributed by atoms with Crippen molar-refractivity contribution < 1.29 is 9.59 Å². The number of nitrogens with zero attached hydrogens (tertiary/aromatic N) is 2. The highest BCUT2D eigenvalue weighted by Crippen LogP contribution is 2.70. The van der Waals surface area contributed by atoms with Gasteiger partial charge in [-0.15, -0.1) is 0 Å². The molecule has 2 aliphatic carbocycles. The van der Waals surface area contributed by atoms with E-state index in [2.05, 4.69) is 51.5 Å². The molecule has 6 nitrogen and oxygen atoms in total. The number of hydrogen-bond acceptors (Lipinski definition) is 4. The highest BCUT2D eigenvalue weighted by molar-refractivity contribution is 5.98. The third kappa shape index (κ3) is 2.46. The Morgan fingerprint density at radius 1 is 0.844 bits per heavy atom. The van der Waals surface area contributed by atoms with Crippen molar-refractivity contribution in [1.82, 2.24) is 20.8 Å². The van der Waals surface area contributed by atoms with Gasteiger partial charge in [-0.25, -0.2) is 9.97 Å². The van der Waals surface area contributed by atoms with Crippen molar-refractivity contribution in [3.63, 3.8) is 0 Å². The summed E-state index contributed by atoms with van der Waals surface area (Å²) in [4.78, 5) is 36.3. The number of amides is 2. The van der Waals surface area contributed by atoms with Crippen LogP contribution in [0.3, 0.4) is 0 Å². The summed E-state index contributed by atoms with van der Waals surface area (Å²) in [6.07, 6.45) is 1.51. The molecule has 2 bridgehead atoms. The van der Waals surface area contributed by atoms with Gasteiger partial charge in [-0.1, -0.05) is 39.0 Å². The van der Waals surface area contributed by atoms with Crippen LogP contribution in [-0.2, 0) is 15.6 Å². The largest absolute Gasteiger partial charge is 0.272 e. The molecule has 32 heavy (non-hydrogen) atoms. The van der Waals surface area contributed by atoms with E-state index in [0.717, 1.165) is 34.4 Å². The second-order valence-corrected chi connectivity index (χ2v) is 9.98. The van der Waals surface area contributed by atoms with Crippen LogP contribution in [0, 0.1) is 19.3 Å². The van der Waals surface area contributed by atoms with Crippen LogP contribution in [0.25, 0.3) is 11.0 Å². The van der Waals surface area contributed by atoms with Crippen LogP contribution in [0.1, 0.15) is 66.5 Å². The summed E-state index contributed by atoms with van der Waals surface area (Å²) in [6, 6.07) is 13.0. The fourth-order valence-electron chi connectivity index (χ4n) is 5.74. The maximum Gasteiger partial charge on any atom is 0.269 e. The number of benzene rings is 2. The molecule has 0 radical (unpaired) electrons. The summed E-state index contributed by atoms with van der Waals surface area (Å²) >= 11 is 0. The SMILES string of the molecule is Cc1cc2nc3c(nc2cc1C)C1(C(=O)NNC(=O)c2ccccc2)CCC3(C)C1(C)C. The van der Waals surface area contributed by atoms with E-state index in [0.29, 0.717) is 12.0 Å². The molecule has 1 fully saturated rings. The summed E-state index contributed by atoms with van der Waals surface area (Å²) in [5.41, 5.74) is 9.92. The lowest BCUT2D eigenvalue weighted by molar-refractivity contribution is -0.131. The van der Waals surface area contributed by atoms with Gasteiger partial charge >= 0.3 is 0 Å². The van der Waals surface area contributed by atoms with Crippen molar-refractivity contribution in [3.05, 3.63) is 70.5 Å². The monoisotopic (exact) mass is 428 g/mol. The van der Waals surface area contributed by atoms with E-state index in [-0.39, 0.29) is 17.2 Å². The normalized spacial score (nSPS) is 24.9. The molecule has 164 valence electrons. The van der Waals surface area contributed by atoms with E-state index in [1.165, 1.54) is 5.56 Å². The minimum atomic E-state index is -0.860. The summed E-state index contributed by atoms with van der Waals surface area (Å²) in [5, 5.41) is 0. The van der Waals surface area contributed by atoms with E-state index in [1.54, 1.807) is 24.3 Å². The molecule has 1 aromatic heterocycles. The average Bonchev–Trinajstić information content (AvgIpc) is 3.07. The van der Waals surface area contributed by atoms with E-state index >= 15 is 0 Å². The van der Waals surface area contributed by atoms with Crippen LogP contribution in [0.5, 0.6) is 0 Å². The van der Waals surface area contributed by atoms with E-state index in [9.17, 15) is 9.59 Å².